The van der Waals surface area contributed by atoms with Crippen LogP contribution >= 0.6 is 0 Å². The van der Waals surface area contributed by atoms with Crippen LogP contribution < -0.4 is 16.2 Å². The second kappa shape index (κ2) is 23.7. The Labute approximate surface area is 432 Å². The molecule has 16 nitrogen and oxygen atoms in total. The van der Waals surface area contributed by atoms with Crippen LogP contribution in [0, 0.1) is 11.7 Å². The van der Waals surface area contributed by atoms with E-state index in [2.05, 4.69) is 31.8 Å². The van der Waals surface area contributed by atoms with E-state index in [0.29, 0.717) is 92.4 Å². The quantitative estimate of drug-likeness (QED) is 0.143. The Kier molecular flexibility index (Phi) is 16.5. The summed E-state index contributed by atoms with van der Waals surface area (Å²) in [5, 5.41) is 14.6. The van der Waals surface area contributed by atoms with Gasteiger partial charge in [0.25, 0.3) is 17.4 Å². The first-order valence-electron chi connectivity index (χ1n) is 27.4. The Morgan fingerprint density at radius 2 is 1.41 bits per heavy atom. The van der Waals surface area contributed by atoms with Gasteiger partial charge >= 0.3 is 0 Å². The van der Waals surface area contributed by atoms with Crippen LogP contribution in [0.15, 0.2) is 71.5 Å². The van der Waals surface area contributed by atoms with Crippen LogP contribution in [0.4, 0.5) is 4.39 Å². The molecule has 6 fully saturated rings. The number of nitrogens with one attached hydrogen (secondary N) is 3. The van der Waals surface area contributed by atoms with Crippen molar-refractivity contribution in [3.63, 3.8) is 0 Å². The van der Waals surface area contributed by atoms with Crippen LogP contribution in [-0.4, -0.2) is 167 Å². The van der Waals surface area contributed by atoms with Crippen molar-refractivity contribution in [2.24, 2.45) is 5.92 Å². The predicted octanol–water partition coefficient (Wildman–Crippen LogP) is 5.25. The third-order valence-corrected chi connectivity index (χ3v) is 16.5. The minimum absolute atomic E-state index is 0.00151. The number of piperazine rings is 1. The number of hydrogen-bond acceptors (Lipinski definition) is 10. The van der Waals surface area contributed by atoms with Gasteiger partial charge in [-0.15, -0.1) is 0 Å². The molecule has 17 heteroatoms. The molecule has 0 spiro atoms. The van der Waals surface area contributed by atoms with Gasteiger partial charge in [-0.2, -0.15) is 5.10 Å². The predicted molar refractivity (Wildman–Crippen MR) is 278 cm³/mol. The Morgan fingerprint density at radius 1 is 0.689 bits per heavy atom. The molecule has 3 aromatic carbocycles. The lowest BCUT2D eigenvalue weighted by molar-refractivity contribution is -0.140. The molecule has 6 aliphatic rings. The Balaban J connectivity index is 0.654. The number of piperidine rings is 3. The zero-order valence-electron chi connectivity index (χ0n) is 42.6. The molecule has 0 radical (unpaired) electrons. The number of likely N-dealkylation sites (tertiary alicyclic amines) is 3. The largest absolute Gasteiger partial charge is 0.375 e. The Bertz CT molecular complexity index is 2720. The fourth-order valence-electron chi connectivity index (χ4n) is 12.0. The summed E-state index contributed by atoms with van der Waals surface area (Å²) in [6.45, 7) is 6.03. The number of amides is 5. The molecular formula is C57H72FN9O7. The zero-order valence-corrected chi connectivity index (χ0v) is 42.6. The maximum Gasteiger partial charge on any atom is 0.272 e. The van der Waals surface area contributed by atoms with Crippen LogP contribution in [0.1, 0.15) is 127 Å². The topological polar surface area (TPSA) is 181 Å². The zero-order chi connectivity index (χ0) is 51.1. The summed E-state index contributed by atoms with van der Waals surface area (Å²) >= 11 is 0. The number of fused-ring (bicyclic) bond motifs is 1. The number of benzene rings is 3. The van der Waals surface area contributed by atoms with Crippen molar-refractivity contribution in [2.45, 2.75) is 120 Å². The number of carbonyl (C=O) groups is 5. The van der Waals surface area contributed by atoms with E-state index in [9.17, 15) is 28.8 Å². The van der Waals surface area contributed by atoms with E-state index in [1.165, 1.54) is 6.07 Å². The first-order valence-corrected chi connectivity index (χ1v) is 27.4. The van der Waals surface area contributed by atoms with Gasteiger partial charge < -0.3 is 35.0 Å². The average Bonchev–Trinajstić information content (AvgIpc) is 4.28. The number of aromatic nitrogens is 2. The molecule has 5 amide bonds. The van der Waals surface area contributed by atoms with Gasteiger partial charge in [0.15, 0.2) is 0 Å². The highest BCUT2D eigenvalue weighted by Gasteiger charge is 2.37. The SMILES string of the molecule is O=C(N[C@@H](C(=O)N1CCC(OC2CCN(CC(=O)N3CCN(C(=O)c4cc(Cc5n[nH]c(=O)c6ccccc56)ccc4F)CC3)CC2)CC1)C1CCCCC1)c1cccc(C2CCCN(C(=O)CNC3CC3)C2)c1. The van der Waals surface area contributed by atoms with Gasteiger partial charge in [0.05, 0.1) is 41.9 Å². The summed E-state index contributed by atoms with van der Waals surface area (Å²) in [6, 6.07) is 19.3. The molecule has 2 aliphatic carbocycles. The molecule has 1 unspecified atom stereocenters. The van der Waals surface area contributed by atoms with Crippen molar-refractivity contribution in [1.82, 2.24) is 45.3 Å². The number of H-pyrrole nitrogens is 1. The fraction of sp³-hybridized carbons (Fsp3) is 0.561. The molecule has 0 bridgehead atoms. The first kappa shape index (κ1) is 51.4. The van der Waals surface area contributed by atoms with Crippen molar-refractivity contribution in [3.8, 4) is 0 Å². The van der Waals surface area contributed by atoms with Gasteiger partial charge in [-0.3, -0.25) is 33.7 Å². The summed E-state index contributed by atoms with van der Waals surface area (Å²) < 4.78 is 21.8. The van der Waals surface area contributed by atoms with Crippen molar-refractivity contribution < 1.29 is 33.1 Å². The minimum atomic E-state index is -0.612. The second-order valence-electron chi connectivity index (χ2n) is 21.7. The lowest BCUT2D eigenvalue weighted by Gasteiger charge is -2.40. The molecule has 394 valence electrons. The molecule has 2 saturated carbocycles. The number of halogens is 1. The molecule has 74 heavy (non-hydrogen) atoms. The van der Waals surface area contributed by atoms with Gasteiger partial charge in [0, 0.05) is 94.8 Å². The van der Waals surface area contributed by atoms with Crippen LogP contribution in [0.5, 0.6) is 0 Å². The van der Waals surface area contributed by atoms with E-state index >= 15 is 4.39 Å². The summed E-state index contributed by atoms with van der Waals surface area (Å²) in [4.78, 5) is 90.2. The minimum Gasteiger partial charge on any atom is -0.375 e. The van der Waals surface area contributed by atoms with Gasteiger partial charge in [0.1, 0.15) is 11.9 Å². The van der Waals surface area contributed by atoms with Gasteiger partial charge in [-0.25, -0.2) is 9.49 Å². The fourth-order valence-corrected chi connectivity index (χ4v) is 12.0. The van der Waals surface area contributed by atoms with Crippen molar-refractivity contribution >= 4 is 40.3 Å². The van der Waals surface area contributed by atoms with Crippen molar-refractivity contribution in [1.29, 1.82) is 0 Å². The molecule has 5 heterocycles. The lowest BCUT2D eigenvalue weighted by Crippen LogP contribution is -2.55. The summed E-state index contributed by atoms with van der Waals surface area (Å²) in [6.07, 6.45) is 12.7. The van der Waals surface area contributed by atoms with Crippen LogP contribution in [0.3, 0.4) is 0 Å². The molecule has 4 aromatic rings. The van der Waals surface area contributed by atoms with Crippen LogP contribution in [0.2, 0.25) is 0 Å². The van der Waals surface area contributed by atoms with Crippen molar-refractivity contribution in [3.05, 3.63) is 111 Å². The Morgan fingerprint density at radius 3 is 2.15 bits per heavy atom. The van der Waals surface area contributed by atoms with E-state index in [1.807, 2.05) is 40.1 Å². The maximum absolute atomic E-state index is 15.1. The van der Waals surface area contributed by atoms with E-state index in [0.717, 1.165) is 109 Å². The third kappa shape index (κ3) is 12.5. The van der Waals surface area contributed by atoms with Crippen molar-refractivity contribution in [2.75, 3.05) is 78.5 Å². The summed E-state index contributed by atoms with van der Waals surface area (Å²) in [5.41, 5.74) is 2.61. The van der Waals surface area contributed by atoms with E-state index < -0.39 is 17.8 Å². The highest BCUT2D eigenvalue weighted by molar-refractivity contribution is 5.98. The third-order valence-electron chi connectivity index (χ3n) is 16.5. The summed E-state index contributed by atoms with van der Waals surface area (Å²) in [5.74, 6) is -0.855. The van der Waals surface area contributed by atoms with E-state index in [1.54, 1.807) is 34.1 Å². The maximum atomic E-state index is 15.1. The number of hydrogen-bond donors (Lipinski definition) is 3. The molecule has 2 atom stereocenters. The Hall–Kier alpha value is -6.04. The molecule has 10 rings (SSSR count). The number of ether oxygens (including phenoxy) is 1. The molecule has 3 N–H and O–H groups in total. The number of carbonyl (C=O) groups excluding carboxylic acids is 5. The van der Waals surface area contributed by atoms with Gasteiger partial charge in [-0.05, 0) is 112 Å². The molecule has 1 aromatic heterocycles. The lowest BCUT2D eigenvalue weighted by atomic mass is 9.83. The van der Waals surface area contributed by atoms with Crippen LogP contribution in [0.25, 0.3) is 10.8 Å². The normalized spacial score (nSPS) is 21.2. The first-order chi connectivity index (χ1) is 36.0. The highest BCUT2D eigenvalue weighted by Crippen LogP contribution is 2.31. The standard InChI is InChI=1S/C57H72FN9O7/c58-49-18-15-38(33-50-46-13-4-5-14-47(46)55(71)62-61-50)32-48(49)56(72)66-30-28-64(29-31-66)52(69)37-63-24-19-44(20-25-63)74-45-21-26-65(27-22-45)57(73)53(39-8-2-1-3-9-39)60-54(70)41-11-6-10-40(34-41)42-12-7-23-67(36-42)51(68)35-59-43-16-17-43/h4-6,10-11,13-15,18,32,34,39,42-45,53,59H,1-3,7-9,12,16-17,19-31,33,35-37H2,(H,60,70)(H,62,71)/t42?,53-/m1/s1. The van der Waals surface area contributed by atoms with Gasteiger partial charge in [0.2, 0.25) is 17.7 Å². The van der Waals surface area contributed by atoms with Crippen LogP contribution in [-0.2, 0) is 25.5 Å². The summed E-state index contributed by atoms with van der Waals surface area (Å²) in [7, 11) is 0. The number of nitrogens with zero attached hydrogens (tertiary/aromatic N) is 6. The highest BCUT2D eigenvalue weighted by atomic mass is 19.1. The molecule has 4 saturated heterocycles. The second-order valence-corrected chi connectivity index (χ2v) is 21.7. The van der Waals surface area contributed by atoms with E-state index in [-0.39, 0.29) is 65.3 Å². The monoisotopic (exact) mass is 1010 g/mol. The smallest absolute Gasteiger partial charge is 0.272 e. The van der Waals surface area contributed by atoms with Gasteiger partial charge in [-0.1, -0.05) is 55.7 Å². The number of aromatic amines is 1. The molecule has 4 aliphatic heterocycles. The number of rotatable bonds is 15. The van der Waals surface area contributed by atoms with E-state index in [4.69, 9.17) is 4.74 Å². The average molecular weight is 1010 g/mol. The molecular weight excluding hydrogens is 942 g/mol.